The van der Waals surface area contributed by atoms with E-state index in [1.54, 1.807) is 13.8 Å². The Balaban J connectivity index is 2.36. The highest BCUT2D eigenvalue weighted by Gasteiger charge is 2.13. The molecule has 1 heterocycles. The number of carbonyl (C=O) groups excluding carboxylic acids is 2. The molecule has 3 N–H and O–H groups in total. The van der Waals surface area contributed by atoms with Crippen LogP contribution in [0.4, 0.5) is 5.69 Å². The number of aromatic nitrogens is 2. The van der Waals surface area contributed by atoms with E-state index in [9.17, 15) is 9.59 Å². The van der Waals surface area contributed by atoms with Crippen molar-refractivity contribution in [1.82, 2.24) is 15.1 Å². The molecule has 20 heavy (non-hydrogen) atoms. The Morgan fingerprint density at radius 2 is 2.10 bits per heavy atom. The summed E-state index contributed by atoms with van der Waals surface area (Å²) in [5.41, 5.74) is 7.67. The van der Waals surface area contributed by atoms with Gasteiger partial charge in [-0.1, -0.05) is 0 Å². The summed E-state index contributed by atoms with van der Waals surface area (Å²) in [5, 5.41) is 6.66. The van der Waals surface area contributed by atoms with Gasteiger partial charge in [0.05, 0.1) is 23.7 Å². The van der Waals surface area contributed by atoms with Crippen LogP contribution >= 0.6 is 0 Å². The van der Waals surface area contributed by atoms with Gasteiger partial charge in [-0.15, -0.1) is 0 Å². The van der Waals surface area contributed by atoms with Crippen molar-refractivity contribution in [3.63, 3.8) is 0 Å². The number of anilines is 1. The van der Waals surface area contributed by atoms with E-state index in [1.165, 1.54) is 11.8 Å². The average molecular weight is 284 g/mol. The summed E-state index contributed by atoms with van der Waals surface area (Å²) in [6.07, 6.45) is 0. The summed E-state index contributed by atoms with van der Waals surface area (Å²) in [6.45, 7) is 3.91. The van der Waals surface area contributed by atoms with Crippen molar-refractivity contribution < 1.29 is 19.1 Å². The van der Waals surface area contributed by atoms with Crippen LogP contribution in [0.25, 0.3) is 0 Å². The molecule has 0 aliphatic heterocycles. The minimum absolute atomic E-state index is 0.0742. The van der Waals surface area contributed by atoms with Crippen molar-refractivity contribution in [2.75, 3.05) is 32.6 Å². The molecule has 0 atom stereocenters. The second-order valence-electron chi connectivity index (χ2n) is 4.25. The molecule has 1 amide bonds. The van der Waals surface area contributed by atoms with Crippen LogP contribution in [-0.2, 0) is 25.6 Å². The fraction of sp³-hybridized carbons (Fsp3) is 0.583. The SMILES string of the molecule is COCCNC(=O)COC(=O)Cn1nc(C)c(N)c1C. The molecule has 0 fully saturated rings. The number of esters is 1. The van der Waals surface area contributed by atoms with Crippen LogP contribution in [0.15, 0.2) is 0 Å². The topological polar surface area (TPSA) is 108 Å². The highest BCUT2D eigenvalue weighted by Crippen LogP contribution is 2.14. The van der Waals surface area contributed by atoms with Crippen LogP contribution in [0.2, 0.25) is 0 Å². The van der Waals surface area contributed by atoms with E-state index >= 15 is 0 Å². The maximum atomic E-state index is 11.6. The Hall–Kier alpha value is -2.09. The highest BCUT2D eigenvalue weighted by atomic mass is 16.5. The van der Waals surface area contributed by atoms with Gasteiger partial charge in [0.1, 0.15) is 6.54 Å². The van der Waals surface area contributed by atoms with Crippen molar-refractivity contribution in [1.29, 1.82) is 0 Å². The predicted octanol–water partition coefficient (Wildman–Crippen LogP) is -0.612. The fourth-order valence-corrected chi connectivity index (χ4v) is 1.52. The molecule has 8 nitrogen and oxygen atoms in total. The van der Waals surface area contributed by atoms with Gasteiger partial charge in [-0.3, -0.25) is 14.3 Å². The third-order valence-electron chi connectivity index (χ3n) is 2.71. The lowest BCUT2D eigenvalue weighted by Crippen LogP contribution is -2.32. The number of hydrogen-bond donors (Lipinski definition) is 2. The zero-order valence-electron chi connectivity index (χ0n) is 11.9. The number of aryl methyl sites for hydroxylation is 1. The molecule has 0 bridgehead atoms. The van der Waals surface area contributed by atoms with E-state index in [0.29, 0.717) is 30.2 Å². The van der Waals surface area contributed by atoms with Gasteiger partial charge in [-0.05, 0) is 13.8 Å². The van der Waals surface area contributed by atoms with Gasteiger partial charge in [0.15, 0.2) is 6.61 Å². The molecule has 0 unspecified atom stereocenters. The smallest absolute Gasteiger partial charge is 0.328 e. The Kier molecular flexibility index (Phi) is 5.98. The number of rotatable bonds is 7. The monoisotopic (exact) mass is 284 g/mol. The Labute approximate surface area is 117 Å². The van der Waals surface area contributed by atoms with Crippen molar-refractivity contribution in [3.05, 3.63) is 11.4 Å². The van der Waals surface area contributed by atoms with E-state index in [0.717, 1.165) is 0 Å². The first-order chi connectivity index (χ1) is 9.45. The minimum atomic E-state index is -0.544. The molecule has 1 rings (SSSR count). The number of ether oxygens (including phenoxy) is 2. The molecule has 0 aliphatic rings. The summed E-state index contributed by atoms with van der Waals surface area (Å²) in [4.78, 5) is 22.9. The minimum Gasteiger partial charge on any atom is -0.454 e. The molecule has 112 valence electrons. The van der Waals surface area contributed by atoms with Crippen LogP contribution < -0.4 is 11.1 Å². The van der Waals surface area contributed by atoms with Crippen LogP contribution in [0, 0.1) is 13.8 Å². The molecule has 8 heteroatoms. The largest absolute Gasteiger partial charge is 0.454 e. The van der Waals surface area contributed by atoms with Crippen LogP contribution in [0.5, 0.6) is 0 Å². The Morgan fingerprint density at radius 1 is 1.40 bits per heavy atom. The number of nitrogen functional groups attached to an aromatic ring is 1. The van der Waals surface area contributed by atoms with Gasteiger partial charge < -0.3 is 20.5 Å². The number of hydrogen-bond acceptors (Lipinski definition) is 6. The third-order valence-corrected chi connectivity index (χ3v) is 2.71. The highest BCUT2D eigenvalue weighted by molar-refractivity contribution is 5.80. The number of nitrogens with one attached hydrogen (secondary N) is 1. The van der Waals surface area contributed by atoms with E-state index in [-0.39, 0.29) is 19.1 Å². The number of nitrogens with two attached hydrogens (primary N) is 1. The normalized spacial score (nSPS) is 10.3. The molecule has 0 saturated heterocycles. The van der Waals surface area contributed by atoms with Crippen molar-refractivity contribution in [2.24, 2.45) is 0 Å². The first-order valence-electron chi connectivity index (χ1n) is 6.16. The zero-order valence-corrected chi connectivity index (χ0v) is 11.9. The maximum absolute atomic E-state index is 11.6. The molecule has 0 radical (unpaired) electrons. The van der Waals surface area contributed by atoms with Crippen LogP contribution in [0.3, 0.4) is 0 Å². The molecule has 0 aliphatic carbocycles. The fourth-order valence-electron chi connectivity index (χ4n) is 1.52. The lowest BCUT2D eigenvalue weighted by atomic mass is 10.3. The number of amides is 1. The standard InChI is InChI=1S/C12H20N4O4/c1-8-12(13)9(2)16(15-8)6-11(18)20-7-10(17)14-4-5-19-3/h4-7,13H2,1-3H3,(H,14,17). The lowest BCUT2D eigenvalue weighted by Gasteiger charge is -2.07. The van der Waals surface area contributed by atoms with E-state index in [4.69, 9.17) is 15.2 Å². The summed E-state index contributed by atoms with van der Waals surface area (Å²) in [5.74, 6) is -0.916. The third kappa shape index (κ3) is 4.54. The van der Waals surface area contributed by atoms with Crippen LogP contribution in [0.1, 0.15) is 11.4 Å². The summed E-state index contributed by atoms with van der Waals surface area (Å²) >= 11 is 0. The first-order valence-corrected chi connectivity index (χ1v) is 6.16. The molecule has 0 spiro atoms. The van der Waals surface area contributed by atoms with Crippen LogP contribution in [-0.4, -0.2) is 48.5 Å². The summed E-state index contributed by atoms with van der Waals surface area (Å²) in [6, 6.07) is 0. The van der Waals surface area contributed by atoms with Crippen molar-refractivity contribution in [2.45, 2.75) is 20.4 Å². The van der Waals surface area contributed by atoms with Crippen molar-refractivity contribution in [3.8, 4) is 0 Å². The van der Waals surface area contributed by atoms with Gasteiger partial charge in [-0.2, -0.15) is 5.10 Å². The maximum Gasteiger partial charge on any atom is 0.328 e. The first kappa shape index (κ1) is 16.0. The van der Waals surface area contributed by atoms with Gasteiger partial charge in [0.2, 0.25) is 0 Å². The van der Waals surface area contributed by atoms with Gasteiger partial charge in [0.25, 0.3) is 5.91 Å². The second kappa shape index (κ2) is 7.49. The van der Waals surface area contributed by atoms with E-state index < -0.39 is 5.97 Å². The second-order valence-corrected chi connectivity index (χ2v) is 4.25. The van der Waals surface area contributed by atoms with Gasteiger partial charge >= 0.3 is 5.97 Å². The summed E-state index contributed by atoms with van der Waals surface area (Å²) in [7, 11) is 1.53. The lowest BCUT2D eigenvalue weighted by molar-refractivity contribution is -0.149. The molecular formula is C12H20N4O4. The van der Waals surface area contributed by atoms with E-state index in [1.807, 2.05) is 0 Å². The number of methoxy groups -OCH3 is 1. The molecular weight excluding hydrogens is 264 g/mol. The average Bonchev–Trinajstić information content (AvgIpc) is 2.64. The van der Waals surface area contributed by atoms with Crippen molar-refractivity contribution >= 4 is 17.6 Å². The van der Waals surface area contributed by atoms with E-state index in [2.05, 4.69) is 10.4 Å². The number of carbonyl (C=O) groups is 2. The molecule has 1 aromatic heterocycles. The molecule has 0 saturated carbocycles. The number of nitrogens with zero attached hydrogens (tertiary/aromatic N) is 2. The molecule has 0 aromatic carbocycles. The quantitative estimate of drug-likeness (QED) is 0.510. The van der Waals surface area contributed by atoms with Gasteiger partial charge in [-0.25, -0.2) is 0 Å². The zero-order chi connectivity index (χ0) is 15.1. The Morgan fingerprint density at radius 3 is 2.65 bits per heavy atom. The predicted molar refractivity (Wildman–Crippen MR) is 72.0 cm³/mol. The molecule has 1 aromatic rings. The van der Waals surface area contributed by atoms with Gasteiger partial charge in [0, 0.05) is 13.7 Å². The Bertz CT molecular complexity index is 484. The summed E-state index contributed by atoms with van der Waals surface area (Å²) < 4.78 is 11.1.